The van der Waals surface area contributed by atoms with Gasteiger partial charge in [0, 0.05) is 18.3 Å². The average Bonchev–Trinajstić information content (AvgIpc) is 2.55. The molecule has 5 heteroatoms. The third kappa shape index (κ3) is 3.81. The molecular formula is C17H22N4O. The number of anilines is 2. The van der Waals surface area contributed by atoms with Gasteiger partial charge in [-0.3, -0.25) is 4.79 Å². The number of nitrogens with one attached hydrogen (secondary N) is 2. The quantitative estimate of drug-likeness (QED) is 0.857. The van der Waals surface area contributed by atoms with E-state index in [4.69, 9.17) is 0 Å². The zero-order valence-corrected chi connectivity index (χ0v) is 13.3. The Kier molecular flexibility index (Phi) is 5.47. The summed E-state index contributed by atoms with van der Waals surface area (Å²) in [6.07, 6.45) is 3.27. The van der Waals surface area contributed by atoms with Gasteiger partial charge in [0.25, 0.3) is 5.91 Å². The van der Waals surface area contributed by atoms with Crippen LogP contribution in [-0.4, -0.2) is 22.4 Å². The van der Waals surface area contributed by atoms with E-state index < -0.39 is 0 Å². The van der Waals surface area contributed by atoms with Crippen LogP contribution >= 0.6 is 0 Å². The summed E-state index contributed by atoms with van der Waals surface area (Å²) < 4.78 is 0. The fraction of sp³-hybridized carbons (Fsp3) is 0.353. The largest absolute Gasteiger partial charge is 0.370 e. The summed E-state index contributed by atoms with van der Waals surface area (Å²) in [4.78, 5) is 20.6. The van der Waals surface area contributed by atoms with Crippen LogP contribution in [0.4, 0.5) is 11.5 Å². The highest BCUT2D eigenvalue weighted by Gasteiger charge is 2.12. The number of para-hydroxylation sites is 1. The molecular weight excluding hydrogens is 276 g/mol. The van der Waals surface area contributed by atoms with E-state index in [0.29, 0.717) is 11.5 Å². The molecule has 0 saturated carbocycles. The highest BCUT2D eigenvalue weighted by molar-refractivity contribution is 6.04. The lowest BCUT2D eigenvalue weighted by Gasteiger charge is -2.13. The minimum atomic E-state index is -0.217. The predicted molar refractivity (Wildman–Crippen MR) is 89.3 cm³/mol. The fourth-order valence-corrected chi connectivity index (χ4v) is 2.21. The normalized spacial score (nSPS) is 10.3. The van der Waals surface area contributed by atoms with Crippen molar-refractivity contribution in [2.24, 2.45) is 0 Å². The van der Waals surface area contributed by atoms with Gasteiger partial charge in [0.2, 0.25) is 0 Å². The summed E-state index contributed by atoms with van der Waals surface area (Å²) in [5.74, 6) is 0.452. The van der Waals surface area contributed by atoms with Crippen molar-refractivity contribution in [3.63, 3.8) is 0 Å². The smallest absolute Gasteiger partial charge is 0.274 e. The molecule has 0 aliphatic rings. The van der Waals surface area contributed by atoms with Crippen LogP contribution in [0.2, 0.25) is 0 Å². The van der Waals surface area contributed by atoms with E-state index in [9.17, 15) is 4.79 Å². The van der Waals surface area contributed by atoms with Crippen LogP contribution in [0.3, 0.4) is 0 Å². The number of amides is 1. The summed E-state index contributed by atoms with van der Waals surface area (Å²) in [7, 11) is 0. The van der Waals surface area contributed by atoms with Crippen molar-refractivity contribution in [3.05, 3.63) is 47.4 Å². The molecule has 2 rings (SSSR count). The number of aryl methyl sites for hydroxylation is 2. The molecule has 1 aromatic carbocycles. The maximum Gasteiger partial charge on any atom is 0.274 e. The lowest BCUT2D eigenvalue weighted by molar-refractivity contribution is 0.102. The first kappa shape index (κ1) is 15.9. The number of carbonyl (C=O) groups excluding carboxylic acids is 1. The van der Waals surface area contributed by atoms with Crippen molar-refractivity contribution in [2.75, 3.05) is 17.2 Å². The van der Waals surface area contributed by atoms with Gasteiger partial charge in [-0.2, -0.15) is 0 Å². The van der Waals surface area contributed by atoms with Gasteiger partial charge in [-0.1, -0.05) is 32.0 Å². The van der Waals surface area contributed by atoms with E-state index in [1.54, 1.807) is 6.07 Å². The second-order valence-corrected chi connectivity index (χ2v) is 5.13. The predicted octanol–water partition coefficient (Wildman–Crippen LogP) is 3.42. The lowest BCUT2D eigenvalue weighted by atomic mass is 10.1. The number of rotatable bonds is 6. The average molecular weight is 298 g/mol. The number of hydrogen-bond acceptors (Lipinski definition) is 4. The van der Waals surface area contributed by atoms with Crippen LogP contribution in [0.1, 0.15) is 41.9 Å². The molecule has 1 amide bonds. The van der Waals surface area contributed by atoms with Crippen LogP contribution in [-0.2, 0) is 6.42 Å². The lowest BCUT2D eigenvalue weighted by Crippen LogP contribution is -2.16. The van der Waals surface area contributed by atoms with Gasteiger partial charge < -0.3 is 10.6 Å². The van der Waals surface area contributed by atoms with Crippen LogP contribution in [0.5, 0.6) is 0 Å². The molecule has 0 unspecified atom stereocenters. The van der Waals surface area contributed by atoms with Crippen LogP contribution < -0.4 is 10.6 Å². The zero-order valence-electron chi connectivity index (χ0n) is 13.3. The van der Waals surface area contributed by atoms with Crippen LogP contribution in [0, 0.1) is 6.92 Å². The Morgan fingerprint density at radius 1 is 1.23 bits per heavy atom. The minimum absolute atomic E-state index is 0.217. The third-order valence-corrected chi connectivity index (χ3v) is 3.43. The SMILES string of the molecule is CCCNc1cc(C(=O)Nc2c(C)cccc2CC)ncn1. The van der Waals surface area contributed by atoms with Gasteiger partial charge in [-0.05, 0) is 30.9 Å². The molecule has 0 aliphatic heterocycles. The van der Waals surface area contributed by atoms with Gasteiger partial charge >= 0.3 is 0 Å². The molecule has 1 heterocycles. The second-order valence-electron chi connectivity index (χ2n) is 5.13. The number of nitrogens with zero attached hydrogens (tertiary/aromatic N) is 2. The zero-order chi connectivity index (χ0) is 15.9. The molecule has 0 aliphatic carbocycles. The van der Waals surface area contributed by atoms with Gasteiger partial charge in [0.1, 0.15) is 17.8 Å². The number of carbonyl (C=O) groups is 1. The Labute approximate surface area is 131 Å². The highest BCUT2D eigenvalue weighted by Crippen LogP contribution is 2.21. The van der Waals surface area contributed by atoms with E-state index in [-0.39, 0.29) is 5.91 Å². The topological polar surface area (TPSA) is 66.9 Å². The standard InChI is InChI=1S/C17H22N4O/c1-4-9-18-15-10-14(19-11-20-15)17(22)21-16-12(3)7-6-8-13(16)5-2/h6-8,10-11H,4-5,9H2,1-3H3,(H,21,22)(H,18,19,20). The molecule has 0 radical (unpaired) electrons. The first-order valence-corrected chi connectivity index (χ1v) is 7.61. The van der Waals surface area contributed by atoms with E-state index in [1.165, 1.54) is 6.33 Å². The van der Waals surface area contributed by atoms with Crippen molar-refractivity contribution in [3.8, 4) is 0 Å². The van der Waals surface area contributed by atoms with Crippen molar-refractivity contribution in [1.82, 2.24) is 9.97 Å². The Morgan fingerprint density at radius 3 is 2.77 bits per heavy atom. The minimum Gasteiger partial charge on any atom is -0.370 e. The van der Waals surface area contributed by atoms with Crippen molar-refractivity contribution in [2.45, 2.75) is 33.6 Å². The van der Waals surface area contributed by atoms with Gasteiger partial charge in [-0.15, -0.1) is 0 Å². The molecule has 1 aromatic heterocycles. The van der Waals surface area contributed by atoms with E-state index in [1.807, 2.05) is 25.1 Å². The van der Waals surface area contributed by atoms with Gasteiger partial charge in [0.05, 0.1) is 0 Å². The maximum absolute atomic E-state index is 12.4. The van der Waals surface area contributed by atoms with Gasteiger partial charge in [-0.25, -0.2) is 9.97 Å². The van der Waals surface area contributed by atoms with Crippen molar-refractivity contribution < 1.29 is 4.79 Å². The Hall–Kier alpha value is -2.43. The summed E-state index contributed by atoms with van der Waals surface area (Å²) in [5.41, 5.74) is 3.40. The summed E-state index contributed by atoms with van der Waals surface area (Å²) in [5, 5.41) is 6.13. The summed E-state index contributed by atoms with van der Waals surface area (Å²) >= 11 is 0. The molecule has 5 nitrogen and oxygen atoms in total. The molecule has 0 fully saturated rings. The van der Waals surface area contributed by atoms with E-state index in [0.717, 1.165) is 36.2 Å². The molecule has 0 atom stereocenters. The number of benzene rings is 1. The van der Waals surface area contributed by atoms with Crippen molar-refractivity contribution >= 4 is 17.4 Å². The molecule has 0 saturated heterocycles. The van der Waals surface area contributed by atoms with E-state index >= 15 is 0 Å². The molecule has 0 bridgehead atoms. The molecule has 22 heavy (non-hydrogen) atoms. The number of hydrogen-bond donors (Lipinski definition) is 2. The molecule has 0 spiro atoms. The first-order chi connectivity index (χ1) is 10.7. The van der Waals surface area contributed by atoms with Crippen molar-refractivity contribution in [1.29, 1.82) is 0 Å². The molecule has 116 valence electrons. The Morgan fingerprint density at radius 2 is 2.05 bits per heavy atom. The Bertz CT molecular complexity index is 655. The fourth-order valence-electron chi connectivity index (χ4n) is 2.21. The van der Waals surface area contributed by atoms with Crippen LogP contribution in [0.15, 0.2) is 30.6 Å². The highest BCUT2D eigenvalue weighted by atomic mass is 16.1. The summed E-state index contributed by atoms with van der Waals surface area (Å²) in [6.45, 7) is 6.95. The monoisotopic (exact) mass is 298 g/mol. The van der Waals surface area contributed by atoms with Gasteiger partial charge in [0.15, 0.2) is 0 Å². The summed E-state index contributed by atoms with van der Waals surface area (Å²) in [6, 6.07) is 7.69. The first-order valence-electron chi connectivity index (χ1n) is 7.61. The maximum atomic E-state index is 12.4. The molecule has 2 aromatic rings. The van der Waals surface area contributed by atoms with Crippen LogP contribution in [0.25, 0.3) is 0 Å². The molecule has 2 N–H and O–H groups in total. The van der Waals surface area contributed by atoms with E-state index in [2.05, 4.69) is 34.4 Å². The third-order valence-electron chi connectivity index (χ3n) is 3.43. The second kappa shape index (κ2) is 7.54. The number of aromatic nitrogens is 2. The Balaban J connectivity index is 2.19.